The highest BCUT2D eigenvalue weighted by Gasteiger charge is 2.17. The molecule has 3 N–H and O–H groups in total. The molecule has 0 spiro atoms. The summed E-state index contributed by atoms with van der Waals surface area (Å²) in [6.45, 7) is 0.374. The van der Waals surface area contributed by atoms with Gasteiger partial charge in [-0.3, -0.25) is 4.79 Å². The zero-order valence-electron chi connectivity index (χ0n) is 7.03. The molecule has 0 aromatic rings. The smallest absolute Gasteiger partial charge is 0.351 e. The number of carbonyl (C=O) groups excluding carboxylic acids is 2. The zero-order valence-corrected chi connectivity index (χ0v) is 7.03. The molecule has 1 heterocycles. The third kappa shape index (κ3) is 3.20. The minimum absolute atomic E-state index is 0.0340. The maximum Gasteiger partial charge on any atom is 0.351 e. The van der Waals surface area contributed by atoms with E-state index in [2.05, 4.69) is 10.3 Å². The first-order chi connectivity index (χ1) is 6.22. The molecule has 1 aliphatic heterocycles. The number of esters is 1. The Hall–Kier alpha value is -1.43. The molecule has 1 atom stereocenters. The van der Waals surface area contributed by atoms with Crippen molar-refractivity contribution < 1.29 is 14.3 Å². The summed E-state index contributed by atoms with van der Waals surface area (Å²) in [5.74, 6) is -0.663. The van der Waals surface area contributed by atoms with Gasteiger partial charge in [0, 0.05) is 13.0 Å². The van der Waals surface area contributed by atoms with Crippen LogP contribution in [0.5, 0.6) is 0 Å². The molecule has 1 amide bonds. The summed E-state index contributed by atoms with van der Waals surface area (Å²) in [4.78, 5) is 25.0. The molecule has 0 aromatic heterocycles. The second-order valence-electron chi connectivity index (χ2n) is 2.51. The van der Waals surface area contributed by atoms with Crippen LogP contribution < -0.4 is 11.1 Å². The van der Waals surface area contributed by atoms with E-state index >= 15 is 0 Å². The Morgan fingerprint density at radius 1 is 1.77 bits per heavy atom. The molecule has 0 saturated carbocycles. The fraction of sp³-hybridized carbons (Fsp3) is 0.571. The van der Waals surface area contributed by atoms with E-state index in [0.717, 1.165) is 6.21 Å². The van der Waals surface area contributed by atoms with Gasteiger partial charge in [0.1, 0.15) is 6.21 Å². The van der Waals surface area contributed by atoms with Crippen molar-refractivity contribution in [2.45, 2.75) is 12.6 Å². The number of ether oxygens (including phenoxy) is 1. The summed E-state index contributed by atoms with van der Waals surface area (Å²) in [5.41, 5.74) is 5.06. The van der Waals surface area contributed by atoms with Crippen LogP contribution >= 0.6 is 0 Å². The predicted molar refractivity (Wildman–Crippen MR) is 45.1 cm³/mol. The van der Waals surface area contributed by atoms with E-state index in [1.165, 1.54) is 0 Å². The molecular weight excluding hydrogens is 174 g/mol. The molecule has 1 unspecified atom stereocenters. The van der Waals surface area contributed by atoms with Crippen LogP contribution in [-0.4, -0.2) is 37.4 Å². The Morgan fingerprint density at radius 3 is 3.08 bits per heavy atom. The van der Waals surface area contributed by atoms with Gasteiger partial charge >= 0.3 is 5.97 Å². The maximum atomic E-state index is 10.7. The third-order valence-corrected chi connectivity index (χ3v) is 1.50. The van der Waals surface area contributed by atoms with Gasteiger partial charge in [0.15, 0.2) is 6.23 Å². The molecule has 6 nitrogen and oxygen atoms in total. The summed E-state index contributed by atoms with van der Waals surface area (Å²) < 4.78 is 4.73. The topological polar surface area (TPSA) is 93.8 Å². The number of rotatable bonds is 4. The van der Waals surface area contributed by atoms with Gasteiger partial charge in [0.05, 0.1) is 6.54 Å². The number of hydrogen-bond acceptors (Lipinski definition) is 5. The van der Waals surface area contributed by atoms with Crippen molar-refractivity contribution in [2.75, 3.05) is 13.1 Å². The lowest BCUT2D eigenvalue weighted by Gasteiger charge is -2.07. The van der Waals surface area contributed by atoms with Gasteiger partial charge in [0.25, 0.3) is 0 Å². The molecule has 13 heavy (non-hydrogen) atoms. The monoisotopic (exact) mass is 185 g/mol. The van der Waals surface area contributed by atoms with Gasteiger partial charge in [0.2, 0.25) is 5.91 Å². The molecule has 0 radical (unpaired) electrons. The minimum Gasteiger partial charge on any atom is -0.435 e. The van der Waals surface area contributed by atoms with Crippen LogP contribution in [0.3, 0.4) is 0 Å². The first kappa shape index (κ1) is 9.66. The first-order valence-corrected chi connectivity index (χ1v) is 3.93. The summed E-state index contributed by atoms with van der Waals surface area (Å²) in [6, 6.07) is 0. The Kier molecular flexibility index (Phi) is 3.39. The number of cyclic esters (lactones) is 1. The number of aliphatic imine (C=N–C) groups is 1. The van der Waals surface area contributed by atoms with Crippen LogP contribution in [0.2, 0.25) is 0 Å². The van der Waals surface area contributed by atoms with Crippen LogP contribution in [0, 0.1) is 0 Å². The van der Waals surface area contributed by atoms with E-state index < -0.39 is 12.2 Å². The molecule has 72 valence electrons. The van der Waals surface area contributed by atoms with E-state index in [-0.39, 0.29) is 12.5 Å². The van der Waals surface area contributed by atoms with Gasteiger partial charge < -0.3 is 15.8 Å². The normalized spacial score (nSPS) is 20.1. The second-order valence-corrected chi connectivity index (χ2v) is 2.51. The minimum atomic E-state index is -0.453. The van der Waals surface area contributed by atoms with Crippen molar-refractivity contribution in [2.24, 2.45) is 10.7 Å². The van der Waals surface area contributed by atoms with Crippen molar-refractivity contribution in [1.29, 1.82) is 0 Å². The molecule has 1 rings (SSSR count). The highest BCUT2D eigenvalue weighted by molar-refractivity contribution is 6.24. The Balaban J connectivity index is 2.10. The number of nitrogens with zero attached hydrogens (tertiary/aromatic N) is 1. The third-order valence-electron chi connectivity index (χ3n) is 1.50. The zero-order chi connectivity index (χ0) is 9.68. The fourth-order valence-corrected chi connectivity index (χ4v) is 0.880. The summed E-state index contributed by atoms with van der Waals surface area (Å²) in [7, 11) is 0. The lowest BCUT2D eigenvalue weighted by molar-refractivity contribution is -0.137. The molecule has 0 aliphatic carbocycles. The van der Waals surface area contributed by atoms with Crippen molar-refractivity contribution in [1.82, 2.24) is 5.32 Å². The van der Waals surface area contributed by atoms with Gasteiger partial charge in [-0.2, -0.15) is 0 Å². The molecule has 6 heteroatoms. The number of nitrogens with two attached hydrogens (primary N) is 1. The first-order valence-electron chi connectivity index (χ1n) is 3.93. The Morgan fingerprint density at radius 2 is 2.54 bits per heavy atom. The highest BCUT2D eigenvalue weighted by atomic mass is 16.6. The van der Waals surface area contributed by atoms with E-state index in [4.69, 9.17) is 10.5 Å². The number of amides is 1. The van der Waals surface area contributed by atoms with Crippen molar-refractivity contribution in [3.63, 3.8) is 0 Å². The maximum absolute atomic E-state index is 10.7. The van der Waals surface area contributed by atoms with Gasteiger partial charge in [-0.1, -0.05) is 0 Å². The lowest BCUT2D eigenvalue weighted by Crippen LogP contribution is -2.32. The van der Waals surface area contributed by atoms with Crippen molar-refractivity contribution >= 4 is 18.1 Å². The number of hydrogen-bond donors (Lipinski definition) is 2. The highest BCUT2D eigenvalue weighted by Crippen LogP contribution is 2.04. The van der Waals surface area contributed by atoms with E-state index in [1.807, 2.05) is 0 Å². The summed E-state index contributed by atoms with van der Waals surface area (Å²) in [5, 5.41) is 2.54. The number of carbonyl (C=O) groups is 2. The Bertz CT molecular complexity index is 239. The lowest BCUT2D eigenvalue weighted by atomic mass is 10.4. The second kappa shape index (κ2) is 4.56. The van der Waals surface area contributed by atoms with E-state index in [1.54, 1.807) is 0 Å². The summed E-state index contributed by atoms with van der Waals surface area (Å²) in [6.07, 6.45) is 1.16. The van der Waals surface area contributed by atoms with Gasteiger partial charge in [-0.15, -0.1) is 0 Å². The predicted octanol–water partition coefficient (Wildman–Crippen LogP) is -1.59. The molecule has 0 bridgehead atoms. The average molecular weight is 185 g/mol. The molecular formula is C7H11N3O3. The quantitative estimate of drug-likeness (QED) is 0.516. The van der Waals surface area contributed by atoms with Crippen LogP contribution in [0.4, 0.5) is 0 Å². The van der Waals surface area contributed by atoms with Crippen LogP contribution in [-0.2, 0) is 14.3 Å². The van der Waals surface area contributed by atoms with Crippen molar-refractivity contribution in [3.8, 4) is 0 Å². The van der Waals surface area contributed by atoms with Crippen LogP contribution in [0.25, 0.3) is 0 Å². The molecule has 0 saturated heterocycles. The van der Waals surface area contributed by atoms with Crippen molar-refractivity contribution in [3.05, 3.63) is 0 Å². The molecule has 0 fully saturated rings. The molecule has 1 aliphatic rings. The van der Waals surface area contributed by atoms with Gasteiger partial charge in [-0.05, 0) is 0 Å². The fourth-order valence-electron chi connectivity index (χ4n) is 0.880. The number of nitrogens with one attached hydrogen (secondary N) is 1. The largest absolute Gasteiger partial charge is 0.435 e. The standard InChI is InChI=1S/C7H11N3O3/c8-3-5(11)9-2-1-6-10-4-7(12)13-6/h4,6H,1-3,8H2,(H,9,11). The Labute approximate surface area is 75.1 Å². The average Bonchev–Trinajstić information content (AvgIpc) is 2.51. The van der Waals surface area contributed by atoms with Gasteiger partial charge in [-0.25, -0.2) is 9.79 Å². The van der Waals surface area contributed by atoms with Crippen LogP contribution in [0.1, 0.15) is 6.42 Å². The van der Waals surface area contributed by atoms with E-state index in [0.29, 0.717) is 13.0 Å². The molecule has 0 aromatic carbocycles. The summed E-state index contributed by atoms with van der Waals surface area (Å²) >= 11 is 0. The SMILES string of the molecule is NCC(=O)NCCC1N=CC(=O)O1. The van der Waals surface area contributed by atoms with E-state index in [9.17, 15) is 9.59 Å². The van der Waals surface area contributed by atoms with Crippen LogP contribution in [0.15, 0.2) is 4.99 Å².